The summed E-state index contributed by atoms with van der Waals surface area (Å²) in [6, 6.07) is 8.10. The molecule has 0 bridgehead atoms. The van der Waals surface area contributed by atoms with Crippen LogP contribution in [0.15, 0.2) is 38.6 Å². The maximum Gasteiger partial charge on any atom is 0.136 e. The molecule has 2 aromatic rings. The summed E-state index contributed by atoms with van der Waals surface area (Å²) >= 11 is 8.72. The van der Waals surface area contributed by atoms with Gasteiger partial charge in [-0.05, 0) is 39.5 Å². The Bertz CT molecular complexity index is 584. The number of thiophene rings is 1. The van der Waals surface area contributed by atoms with Crippen LogP contribution in [-0.2, 0) is 0 Å². The van der Waals surface area contributed by atoms with Crippen LogP contribution < -0.4 is 10.5 Å². The van der Waals surface area contributed by atoms with Crippen molar-refractivity contribution in [3.63, 3.8) is 0 Å². The van der Waals surface area contributed by atoms with Gasteiger partial charge in [-0.3, -0.25) is 0 Å². The van der Waals surface area contributed by atoms with Gasteiger partial charge in [0.15, 0.2) is 0 Å². The predicted molar refractivity (Wildman–Crippen MR) is 81.1 cm³/mol. The van der Waals surface area contributed by atoms with Gasteiger partial charge in [-0.2, -0.15) is 0 Å². The van der Waals surface area contributed by atoms with Crippen molar-refractivity contribution in [1.29, 1.82) is 0 Å². The summed E-state index contributed by atoms with van der Waals surface area (Å²) in [6.07, 6.45) is 0.851. The Labute approximate surface area is 126 Å². The molecule has 1 aromatic heterocycles. The van der Waals surface area contributed by atoms with Gasteiger partial charge in [-0.1, -0.05) is 22.0 Å². The molecule has 2 atom stereocenters. The quantitative estimate of drug-likeness (QED) is 0.761. The molecular formula is C13H11Br2NOS. The number of halogens is 2. The number of fused-ring (bicyclic) bond motifs is 1. The van der Waals surface area contributed by atoms with E-state index in [0.29, 0.717) is 0 Å². The van der Waals surface area contributed by atoms with Gasteiger partial charge in [0.25, 0.3) is 0 Å². The molecular weight excluding hydrogens is 378 g/mol. The van der Waals surface area contributed by atoms with Gasteiger partial charge in [0, 0.05) is 27.0 Å². The van der Waals surface area contributed by atoms with Crippen molar-refractivity contribution in [2.24, 2.45) is 5.73 Å². The topological polar surface area (TPSA) is 35.2 Å². The molecule has 2 N–H and O–H groups in total. The van der Waals surface area contributed by atoms with E-state index < -0.39 is 0 Å². The Hall–Kier alpha value is -0.360. The number of benzene rings is 1. The van der Waals surface area contributed by atoms with Crippen LogP contribution in [0.4, 0.5) is 0 Å². The van der Waals surface area contributed by atoms with Gasteiger partial charge in [0.05, 0.1) is 4.88 Å². The number of hydrogen-bond donors (Lipinski definition) is 1. The van der Waals surface area contributed by atoms with Crippen LogP contribution in [0.2, 0.25) is 0 Å². The van der Waals surface area contributed by atoms with Gasteiger partial charge in [-0.25, -0.2) is 0 Å². The van der Waals surface area contributed by atoms with E-state index >= 15 is 0 Å². The molecule has 0 fully saturated rings. The third-order valence-electron chi connectivity index (χ3n) is 3.05. The van der Waals surface area contributed by atoms with E-state index in [4.69, 9.17) is 10.5 Å². The number of hydrogen-bond acceptors (Lipinski definition) is 3. The lowest BCUT2D eigenvalue weighted by atomic mass is 9.97. The summed E-state index contributed by atoms with van der Waals surface area (Å²) in [6.45, 7) is 0. The van der Waals surface area contributed by atoms with Crippen molar-refractivity contribution in [3.8, 4) is 5.75 Å². The van der Waals surface area contributed by atoms with Gasteiger partial charge in [-0.15, -0.1) is 11.3 Å². The van der Waals surface area contributed by atoms with Gasteiger partial charge < -0.3 is 10.5 Å². The standard InChI is InChI=1S/C13H11Br2NOS/c14-7-1-2-8-10(16)6-12(17-11(8)5-7)13-9(15)3-4-18-13/h1-5,10,12H,6,16H2/t10-,12?/m0/s1. The van der Waals surface area contributed by atoms with Crippen molar-refractivity contribution < 1.29 is 4.74 Å². The predicted octanol–water partition coefficient (Wildman–Crippen LogP) is 4.80. The largest absolute Gasteiger partial charge is 0.484 e. The second-order valence-corrected chi connectivity index (χ2v) is 6.98. The molecule has 3 rings (SSSR count). The highest BCUT2D eigenvalue weighted by Gasteiger charge is 2.29. The summed E-state index contributed by atoms with van der Waals surface area (Å²) in [5.41, 5.74) is 7.32. The molecule has 0 saturated carbocycles. The zero-order valence-corrected chi connectivity index (χ0v) is 13.4. The first-order valence-electron chi connectivity index (χ1n) is 5.59. The monoisotopic (exact) mass is 387 g/mol. The zero-order chi connectivity index (χ0) is 12.7. The molecule has 0 aliphatic carbocycles. The van der Waals surface area contributed by atoms with Crippen LogP contribution in [0.5, 0.6) is 5.75 Å². The Balaban J connectivity index is 1.98. The van der Waals surface area contributed by atoms with Gasteiger partial charge in [0.2, 0.25) is 0 Å². The van der Waals surface area contributed by atoms with Crippen molar-refractivity contribution in [1.82, 2.24) is 0 Å². The molecule has 18 heavy (non-hydrogen) atoms. The van der Waals surface area contributed by atoms with E-state index in [2.05, 4.69) is 37.2 Å². The summed E-state index contributed by atoms with van der Waals surface area (Å²) in [4.78, 5) is 1.20. The normalized spacial score (nSPS) is 22.4. The summed E-state index contributed by atoms with van der Waals surface area (Å²) in [7, 11) is 0. The molecule has 1 aliphatic heterocycles. The van der Waals surface area contributed by atoms with E-state index in [-0.39, 0.29) is 12.1 Å². The molecule has 1 aliphatic rings. The Kier molecular flexibility index (Phi) is 3.49. The summed E-state index contributed by atoms with van der Waals surface area (Å²) < 4.78 is 8.19. The maximum absolute atomic E-state index is 6.24. The average molecular weight is 389 g/mol. The summed E-state index contributed by atoms with van der Waals surface area (Å²) in [5.74, 6) is 0.883. The molecule has 2 nitrogen and oxygen atoms in total. The van der Waals surface area contributed by atoms with Crippen molar-refractivity contribution in [2.45, 2.75) is 18.6 Å². The van der Waals surface area contributed by atoms with Crippen molar-refractivity contribution in [2.75, 3.05) is 0 Å². The van der Waals surface area contributed by atoms with Crippen LogP contribution >= 0.6 is 43.2 Å². The smallest absolute Gasteiger partial charge is 0.136 e. The lowest BCUT2D eigenvalue weighted by Crippen LogP contribution is -2.23. The fourth-order valence-electron chi connectivity index (χ4n) is 2.17. The molecule has 0 spiro atoms. The fourth-order valence-corrected chi connectivity index (χ4v) is 4.18. The van der Waals surface area contributed by atoms with Crippen LogP contribution in [0, 0.1) is 0 Å². The van der Waals surface area contributed by atoms with Crippen LogP contribution in [0.3, 0.4) is 0 Å². The van der Waals surface area contributed by atoms with E-state index in [1.807, 2.05) is 24.3 Å². The molecule has 1 aromatic carbocycles. The molecule has 94 valence electrons. The lowest BCUT2D eigenvalue weighted by Gasteiger charge is -2.30. The molecule has 1 unspecified atom stereocenters. The highest BCUT2D eigenvalue weighted by atomic mass is 79.9. The average Bonchev–Trinajstić information content (AvgIpc) is 2.74. The Morgan fingerprint density at radius 3 is 2.83 bits per heavy atom. The van der Waals surface area contributed by atoms with E-state index in [1.165, 1.54) is 4.88 Å². The van der Waals surface area contributed by atoms with Crippen molar-refractivity contribution in [3.05, 3.63) is 49.0 Å². The zero-order valence-electron chi connectivity index (χ0n) is 9.40. The van der Waals surface area contributed by atoms with Crippen LogP contribution in [0.25, 0.3) is 0 Å². The first-order chi connectivity index (χ1) is 8.65. The Morgan fingerprint density at radius 2 is 2.11 bits per heavy atom. The second-order valence-electron chi connectivity index (χ2n) is 4.26. The third-order valence-corrected chi connectivity index (χ3v) is 5.51. The van der Waals surface area contributed by atoms with E-state index in [0.717, 1.165) is 26.7 Å². The second kappa shape index (κ2) is 4.96. The first kappa shape index (κ1) is 12.7. The maximum atomic E-state index is 6.24. The van der Waals surface area contributed by atoms with Gasteiger partial charge in [0.1, 0.15) is 11.9 Å². The molecule has 0 saturated heterocycles. The van der Waals surface area contributed by atoms with E-state index in [1.54, 1.807) is 11.3 Å². The Morgan fingerprint density at radius 1 is 1.28 bits per heavy atom. The summed E-state index contributed by atoms with van der Waals surface area (Å²) in [5, 5.41) is 2.06. The minimum absolute atomic E-state index is 0.0286. The highest BCUT2D eigenvalue weighted by molar-refractivity contribution is 9.10. The number of rotatable bonds is 1. The highest BCUT2D eigenvalue weighted by Crippen LogP contribution is 2.43. The third kappa shape index (κ3) is 2.25. The van der Waals surface area contributed by atoms with Crippen LogP contribution in [-0.4, -0.2) is 0 Å². The first-order valence-corrected chi connectivity index (χ1v) is 8.06. The minimum atomic E-state index is 0.0286. The minimum Gasteiger partial charge on any atom is -0.484 e. The van der Waals surface area contributed by atoms with Crippen LogP contribution in [0.1, 0.15) is 29.0 Å². The molecule has 0 radical (unpaired) electrons. The van der Waals surface area contributed by atoms with Crippen molar-refractivity contribution >= 4 is 43.2 Å². The molecule has 2 heterocycles. The SMILES string of the molecule is N[C@H]1CC(c2sccc2Br)Oc2cc(Br)ccc21. The lowest BCUT2D eigenvalue weighted by molar-refractivity contribution is 0.164. The van der Waals surface area contributed by atoms with E-state index in [9.17, 15) is 0 Å². The number of nitrogens with two attached hydrogens (primary N) is 1. The van der Waals surface area contributed by atoms with Gasteiger partial charge >= 0.3 is 0 Å². The molecule has 0 amide bonds. The fraction of sp³-hybridized carbons (Fsp3) is 0.231. The number of ether oxygens (including phenoxy) is 1. The molecule has 5 heteroatoms.